The summed E-state index contributed by atoms with van der Waals surface area (Å²) >= 11 is 0. The molecule has 2 N–H and O–H groups in total. The molecule has 0 bridgehead atoms. The topological polar surface area (TPSA) is 55.6 Å². The van der Waals surface area contributed by atoms with E-state index in [1.54, 1.807) is 0 Å². The van der Waals surface area contributed by atoms with Crippen LogP contribution >= 0.6 is 0 Å². The number of likely N-dealkylation sites (tertiary alicyclic amines) is 1. The summed E-state index contributed by atoms with van der Waals surface area (Å²) in [6.45, 7) is 1.10. The number of ether oxygens (including phenoxy) is 1. The molecular weight excluding hydrogens is 316 g/mol. The Hall–Kier alpha value is -1.83. The minimum Gasteiger partial charge on any atom is -0.405 e. The normalized spacial score (nSPS) is 19.6. The van der Waals surface area contributed by atoms with E-state index in [0.29, 0.717) is 13.1 Å². The molecule has 8 heteroatoms. The Balaban J connectivity index is 2.11. The number of halogens is 4. The average Bonchev–Trinajstić information content (AvgIpc) is 2.41. The van der Waals surface area contributed by atoms with Crippen molar-refractivity contribution < 1.29 is 27.1 Å². The third-order valence-corrected chi connectivity index (χ3v) is 3.78. The second-order valence-corrected chi connectivity index (χ2v) is 5.68. The number of benzene rings is 1. The summed E-state index contributed by atoms with van der Waals surface area (Å²) in [5, 5.41) is 0. The molecule has 2 rings (SSSR count). The summed E-state index contributed by atoms with van der Waals surface area (Å²) in [5.41, 5.74) is 5.04. The van der Waals surface area contributed by atoms with Gasteiger partial charge in [0.1, 0.15) is 11.6 Å². The van der Waals surface area contributed by atoms with Gasteiger partial charge in [-0.25, -0.2) is 4.39 Å². The van der Waals surface area contributed by atoms with Crippen molar-refractivity contribution in [2.24, 2.45) is 11.7 Å². The van der Waals surface area contributed by atoms with Crippen LogP contribution < -0.4 is 10.5 Å². The Labute approximate surface area is 131 Å². The van der Waals surface area contributed by atoms with E-state index in [-0.39, 0.29) is 24.4 Å². The van der Waals surface area contributed by atoms with E-state index in [9.17, 15) is 22.4 Å². The van der Waals surface area contributed by atoms with Gasteiger partial charge in [0.05, 0.1) is 0 Å². The fourth-order valence-electron chi connectivity index (χ4n) is 2.88. The van der Waals surface area contributed by atoms with E-state index in [4.69, 9.17) is 5.73 Å². The monoisotopic (exact) mass is 334 g/mol. The van der Waals surface area contributed by atoms with Gasteiger partial charge in [0, 0.05) is 25.1 Å². The molecule has 1 aliphatic heterocycles. The maximum Gasteiger partial charge on any atom is 0.573 e. The molecule has 1 amide bonds. The molecule has 1 unspecified atom stereocenters. The largest absolute Gasteiger partial charge is 0.573 e. The van der Waals surface area contributed by atoms with Crippen LogP contribution in [-0.4, -0.2) is 30.3 Å². The average molecular weight is 334 g/mol. The number of carbonyl (C=O) groups excluding carboxylic acids is 1. The van der Waals surface area contributed by atoms with Gasteiger partial charge in [-0.15, -0.1) is 13.2 Å². The Morgan fingerprint density at radius 3 is 2.78 bits per heavy atom. The number of piperidine rings is 1. The van der Waals surface area contributed by atoms with Crippen LogP contribution in [0.15, 0.2) is 18.2 Å². The molecule has 0 aromatic heterocycles. The molecule has 0 aliphatic carbocycles. The number of primary amides is 1. The summed E-state index contributed by atoms with van der Waals surface area (Å²) in [4.78, 5) is 12.8. The summed E-state index contributed by atoms with van der Waals surface area (Å²) in [6.07, 6.45) is -3.05. The molecule has 128 valence electrons. The smallest absolute Gasteiger partial charge is 0.405 e. The molecule has 1 saturated heterocycles. The molecule has 1 aliphatic rings. The van der Waals surface area contributed by atoms with Crippen LogP contribution in [0, 0.1) is 11.7 Å². The summed E-state index contributed by atoms with van der Waals surface area (Å²) in [6, 6.07) is 3.37. The fourth-order valence-corrected chi connectivity index (χ4v) is 2.88. The van der Waals surface area contributed by atoms with Crippen molar-refractivity contribution in [2.45, 2.75) is 32.2 Å². The molecule has 0 saturated carbocycles. The van der Waals surface area contributed by atoms with Gasteiger partial charge in [0.2, 0.25) is 5.91 Å². The Kier molecular flexibility index (Phi) is 5.46. The molecule has 23 heavy (non-hydrogen) atoms. The molecule has 4 nitrogen and oxygen atoms in total. The van der Waals surface area contributed by atoms with Crippen molar-refractivity contribution in [3.63, 3.8) is 0 Å². The number of alkyl halides is 3. The van der Waals surface area contributed by atoms with E-state index in [2.05, 4.69) is 4.74 Å². The quantitative estimate of drug-likeness (QED) is 0.843. The lowest BCUT2D eigenvalue weighted by atomic mass is 9.94. The molecular formula is C15H18F4N2O2. The molecule has 0 spiro atoms. The van der Waals surface area contributed by atoms with E-state index >= 15 is 0 Å². The lowest BCUT2D eigenvalue weighted by Gasteiger charge is -2.32. The molecule has 1 aromatic rings. The second kappa shape index (κ2) is 7.16. The zero-order chi connectivity index (χ0) is 17.0. The standard InChI is InChI=1S/C15H18F4N2O2/c16-12-4-1-5-13(23-15(17,18)19)11(12)9-21-6-2-3-10(8-21)7-14(20)22/h1,4-5,10H,2-3,6-9H2,(H2,20,22). The summed E-state index contributed by atoms with van der Waals surface area (Å²) < 4.78 is 55.1. The minimum atomic E-state index is -4.88. The van der Waals surface area contributed by atoms with Crippen LogP contribution in [0.4, 0.5) is 17.6 Å². The lowest BCUT2D eigenvalue weighted by molar-refractivity contribution is -0.275. The van der Waals surface area contributed by atoms with Crippen LogP contribution in [-0.2, 0) is 11.3 Å². The van der Waals surface area contributed by atoms with Crippen LogP contribution in [0.3, 0.4) is 0 Å². The van der Waals surface area contributed by atoms with Crippen molar-refractivity contribution in [3.8, 4) is 5.75 Å². The van der Waals surface area contributed by atoms with E-state index < -0.39 is 23.8 Å². The van der Waals surface area contributed by atoms with Gasteiger partial charge in [-0.05, 0) is 37.4 Å². The van der Waals surface area contributed by atoms with Crippen LogP contribution in [0.5, 0.6) is 5.75 Å². The third-order valence-electron chi connectivity index (χ3n) is 3.78. The Morgan fingerprint density at radius 2 is 2.13 bits per heavy atom. The van der Waals surface area contributed by atoms with Crippen molar-refractivity contribution in [1.29, 1.82) is 0 Å². The predicted molar refractivity (Wildman–Crippen MR) is 74.9 cm³/mol. The van der Waals surface area contributed by atoms with Crippen molar-refractivity contribution in [2.75, 3.05) is 13.1 Å². The molecule has 1 fully saturated rings. The molecule has 0 radical (unpaired) electrons. The number of rotatable bonds is 5. The van der Waals surface area contributed by atoms with Gasteiger partial charge in [-0.2, -0.15) is 0 Å². The number of hydrogen-bond acceptors (Lipinski definition) is 3. The zero-order valence-electron chi connectivity index (χ0n) is 12.4. The zero-order valence-corrected chi connectivity index (χ0v) is 12.4. The fraction of sp³-hybridized carbons (Fsp3) is 0.533. The number of carbonyl (C=O) groups is 1. The number of hydrogen-bond donors (Lipinski definition) is 1. The highest BCUT2D eigenvalue weighted by atomic mass is 19.4. The van der Waals surface area contributed by atoms with Crippen molar-refractivity contribution in [1.82, 2.24) is 4.90 Å². The highest BCUT2D eigenvalue weighted by molar-refractivity contribution is 5.74. The van der Waals surface area contributed by atoms with Crippen molar-refractivity contribution >= 4 is 5.91 Å². The van der Waals surface area contributed by atoms with E-state index in [0.717, 1.165) is 25.0 Å². The van der Waals surface area contributed by atoms with Crippen LogP contribution in [0.1, 0.15) is 24.8 Å². The maximum absolute atomic E-state index is 13.9. The highest BCUT2D eigenvalue weighted by Gasteiger charge is 2.33. The first-order valence-corrected chi connectivity index (χ1v) is 7.28. The summed E-state index contributed by atoms with van der Waals surface area (Å²) in [7, 11) is 0. The second-order valence-electron chi connectivity index (χ2n) is 5.68. The number of nitrogens with two attached hydrogens (primary N) is 1. The number of amides is 1. The van der Waals surface area contributed by atoms with Gasteiger partial charge in [0.15, 0.2) is 0 Å². The number of nitrogens with zero attached hydrogens (tertiary/aromatic N) is 1. The lowest BCUT2D eigenvalue weighted by Crippen LogP contribution is -2.37. The van der Waals surface area contributed by atoms with Crippen LogP contribution in [0.2, 0.25) is 0 Å². The van der Waals surface area contributed by atoms with Gasteiger partial charge in [-0.3, -0.25) is 9.69 Å². The first-order chi connectivity index (χ1) is 10.7. The van der Waals surface area contributed by atoms with Crippen LogP contribution in [0.25, 0.3) is 0 Å². The highest BCUT2D eigenvalue weighted by Crippen LogP contribution is 2.30. The molecule has 1 aromatic carbocycles. The first kappa shape index (κ1) is 17.5. The maximum atomic E-state index is 13.9. The SMILES string of the molecule is NC(=O)CC1CCCN(Cc2c(F)cccc2OC(F)(F)F)C1. The summed E-state index contributed by atoms with van der Waals surface area (Å²) in [5.74, 6) is -1.65. The van der Waals surface area contributed by atoms with Gasteiger partial charge < -0.3 is 10.5 Å². The predicted octanol–water partition coefficient (Wildman–Crippen LogP) is 2.81. The van der Waals surface area contributed by atoms with Gasteiger partial charge in [0.25, 0.3) is 0 Å². The van der Waals surface area contributed by atoms with E-state index in [1.807, 2.05) is 4.90 Å². The molecule has 1 heterocycles. The molecule has 1 atom stereocenters. The Morgan fingerprint density at radius 1 is 1.39 bits per heavy atom. The first-order valence-electron chi connectivity index (χ1n) is 7.28. The van der Waals surface area contributed by atoms with Gasteiger partial charge >= 0.3 is 6.36 Å². The Bertz CT molecular complexity index is 563. The van der Waals surface area contributed by atoms with E-state index in [1.165, 1.54) is 6.07 Å². The van der Waals surface area contributed by atoms with Crippen molar-refractivity contribution in [3.05, 3.63) is 29.6 Å². The minimum absolute atomic E-state index is 0.00660. The third kappa shape index (κ3) is 5.38. The van der Waals surface area contributed by atoms with Gasteiger partial charge in [-0.1, -0.05) is 6.07 Å².